The Kier molecular flexibility index (Phi) is 3.35. The lowest BCUT2D eigenvalue weighted by Crippen LogP contribution is -2.29. The molecule has 84 valence electrons. The van der Waals surface area contributed by atoms with Gasteiger partial charge in [0.05, 0.1) is 6.26 Å². The van der Waals surface area contributed by atoms with Gasteiger partial charge in [0.1, 0.15) is 0 Å². The van der Waals surface area contributed by atoms with Gasteiger partial charge in [0.15, 0.2) is 12.4 Å². The quantitative estimate of drug-likeness (QED) is 0.795. The molecule has 1 amide bonds. The number of amides is 1. The first-order valence-electron chi connectivity index (χ1n) is 3.93. The van der Waals surface area contributed by atoms with Crippen molar-refractivity contribution in [2.24, 2.45) is 0 Å². The molecule has 4 nitrogen and oxygen atoms in total. The molecule has 0 atom stereocenters. The standard InChI is InChI=1S/C8H8F3NO3/c1-5-2-3-14-6(5)7(13)12-15-4-8(9,10)11/h2-3H,4H2,1H3,(H,12,13). The number of aryl methyl sites for hydroxylation is 1. The van der Waals surface area contributed by atoms with Gasteiger partial charge in [0.2, 0.25) is 0 Å². The molecule has 0 radical (unpaired) electrons. The van der Waals surface area contributed by atoms with E-state index >= 15 is 0 Å². The zero-order valence-corrected chi connectivity index (χ0v) is 7.72. The smallest absolute Gasteiger partial charge is 0.414 e. The summed E-state index contributed by atoms with van der Waals surface area (Å²) in [5.74, 6) is -0.918. The zero-order valence-electron chi connectivity index (χ0n) is 7.72. The minimum atomic E-state index is -4.48. The van der Waals surface area contributed by atoms with Gasteiger partial charge in [-0.15, -0.1) is 0 Å². The van der Waals surface area contributed by atoms with Crippen LogP contribution in [0.5, 0.6) is 0 Å². The fourth-order valence-corrected chi connectivity index (χ4v) is 0.835. The van der Waals surface area contributed by atoms with E-state index < -0.39 is 18.7 Å². The molecule has 0 fully saturated rings. The van der Waals surface area contributed by atoms with Crippen LogP contribution in [0.3, 0.4) is 0 Å². The van der Waals surface area contributed by atoms with Crippen LogP contribution in [-0.2, 0) is 4.84 Å². The predicted octanol–water partition coefficient (Wildman–Crippen LogP) is 1.81. The van der Waals surface area contributed by atoms with Gasteiger partial charge in [-0.25, -0.2) is 5.48 Å². The summed E-state index contributed by atoms with van der Waals surface area (Å²) in [7, 11) is 0. The second kappa shape index (κ2) is 4.35. The van der Waals surface area contributed by atoms with Crippen molar-refractivity contribution in [2.75, 3.05) is 6.61 Å². The van der Waals surface area contributed by atoms with Crippen molar-refractivity contribution in [1.29, 1.82) is 0 Å². The van der Waals surface area contributed by atoms with Crippen molar-refractivity contribution in [3.05, 3.63) is 23.7 Å². The number of carbonyl (C=O) groups is 1. The molecule has 1 N–H and O–H groups in total. The van der Waals surface area contributed by atoms with E-state index in [9.17, 15) is 18.0 Å². The van der Waals surface area contributed by atoms with E-state index in [1.165, 1.54) is 12.3 Å². The molecule has 0 aliphatic carbocycles. The highest BCUT2D eigenvalue weighted by atomic mass is 19.4. The van der Waals surface area contributed by atoms with Crippen LogP contribution in [-0.4, -0.2) is 18.7 Å². The third kappa shape index (κ3) is 3.62. The van der Waals surface area contributed by atoms with Crippen LogP contribution in [0.2, 0.25) is 0 Å². The zero-order chi connectivity index (χ0) is 11.5. The molecule has 0 aromatic carbocycles. The number of hydrogen-bond donors (Lipinski definition) is 1. The van der Waals surface area contributed by atoms with Gasteiger partial charge in [-0.2, -0.15) is 13.2 Å². The van der Waals surface area contributed by atoms with Crippen LogP contribution < -0.4 is 5.48 Å². The third-order valence-corrected chi connectivity index (χ3v) is 1.47. The minimum absolute atomic E-state index is 0.0721. The highest BCUT2D eigenvalue weighted by Gasteiger charge is 2.28. The molecule has 0 saturated heterocycles. The summed E-state index contributed by atoms with van der Waals surface area (Å²) < 4.78 is 39.6. The van der Waals surface area contributed by atoms with Crippen LogP contribution >= 0.6 is 0 Å². The van der Waals surface area contributed by atoms with Gasteiger partial charge in [-0.1, -0.05) is 0 Å². The summed E-state index contributed by atoms with van der Waals surface area (Å²) in [6.07, 6.45) is -3.22. The van der Waals surface area contributed by atoms with Crippen molar-refractivity contribution in [1.82, 2.24) is 5.48 Å². The van der Waals surface area contributed by atoms with Crippen LogP contribution in [0.25, 0.3) is 0 Å². The van der Waals surface area contributed by atoms with Gasteiger partial charge < -0.3 is 4.42 Å². The normalized spacial score (nSPS) is 11.5. The topological polar surface area (TPSA) is 51.5 Å². The molecule has 1 aromatic rings. The van der Waals surface area contributed by atoms with Gasteiger partial charge in [0.25, 0.3) is 0 Å². The average molecular weight is 223 g/mol. The van der Waals surface area contributed by atoms with Crippen molar-refractivity contribution in [3.8, 4) is 0 Å². The van der Waals surface area contributed by atoms with E-state index in [1.807, 2.05) is 0 Å². The number of halogens is 3. The van der Waals surface area contributed by atoms with Crippen molar-refractivity contribution in [3.63, 3.8) is 0 Å². The molecular formula is C8H8F3NO3. The van der Waals surface area contributed by atoms with Crippen LogP contribution in [0.15, 0.2) is 16.7 Å². The van der Waals surface area contributed by atoms with Crippen LogP contribution in [0.1, 0.15) is 16.1 Å². The first kappa shape index (κ1) is 11.6. The van der Waals surface area contributed by atoms with E-state index in [2.05, 4.69) is 4.84 Å². The summed E-state index contributed by atoms with van der Waals surface area (Å²) in [5.41, 5.74) is 2.15. The van der Waals surface area contributed by atoms with Crippen LogP contribution in [0, 0.1) is 6.92 Å². The number of rotatable bonds is 3. The summed E-state index contributed by atoms with van der Waals surface area (Å²) >= 11 is 0. The highest BCUT2D eigenvalue weighted by molar-refractivity contribution is 5.91. The Balaban J connectivity index is 2.41. The van der Waals surface area contributed by atoms with Gasteiger partial charge in [-0.3, -0.25) is 9.63 Å². The van der Waals surface area contributed by atoms with E-state index in [1.54, 1.807) is 12.4 Å². The molecule has 1 rings (SSSR count). The molecular weight excluding hydrogens is 215 g/mol. The Morgan fingerprint density at radius 3 is 2.73 bits per heavy atom. The maximum Gasteiger partial charge on any atom is 0.414 e. The van der Waals surface area contributed by atoms with E-state index in [4.69, 9.17) is 4.42 Å². The number of furan rings is 1. The van der Waals surface area contributed by atoms with Gasteiger partial charge in [0, 0.05) is 5.56 Å². The number of carbonyl (C=O) groups excluding carboxylic acids is 1. The molecule has 15 heavy (non-hydrogen) atoms. The summed E-state index contributed by atoms with van der Waals surface area (Å²) in [6.45, 7) is 0.0423. The third-order valence-electron chi connectivity index (χ3n) is 1.47. The Labute approximate surface area is 83.0 Å². The summed E-state index contributed by atoms with van der Waals surface area (Å²) in [5, 5.41) is 0. The molecule has 0 aliphatic heterocycles. The Morgan fingerprint density at radius 1 is 1.60 bits per heavy atom. The molecule has 0 unspecified atom stereocenters. The lowest BCUT2D eigenvalue weighted by molar-refractivity contribution is -0.184. The van der Waals surface area contributed by atoms with Gasteiger partial charge >= 0.3 is 12.1 Å². The molecule has 1 aromatic heterocycles. The Hall–Kier alpha value is -1.50. The molecule has 0 aliphatic rings. The summed E-state index contributed by atoms with van der Waals surface area (Å²) in [4.78, 5) is 15.1. The summed E-state index contributed by atoms with van der Waals surface area (Å²) in [6, 6.07) is 1.51. The molecule has 7 heteroatoms. The van der Waals surface area contributed by atoms with Crippen LogP contribution in [0.4, 0.5) is 13.2 Å². The van der Waals surface area contributed by atoms with Gasteiger partial charge in [-0.05, 0) is 13.0 Å². The van der Waals surface area contributed by atoms with Crippen molar-refractivity contribution >= 4 is 5.91 Å². The number of hydrogen-bond acceptors (Lipinski definition) is 3. The molecule has 1 heterocycles. The largest absolute Gasteiger partial charge is 0.459 e. The SMILES string of the molecule is Cc1ccoc1C(=O)NOCC(F)(F)F. The van der Waals surface area contributed by atoms with E-state index in [0.29, 0.717) is 5.56 Å². The first-order valence-corrected chi connectivity index (χ1v) is 3.93. The second-order valence-electron chi connectivity index (χ2n) is 2.77. The first-order chi connectivity index (χ1) is 6.90. The Morgan fingerprint density at radius 2 is 2.27 bits per heavy atom. The highest BCUT2D eigenvalue weighted by Crippen LogP contribution is 2.14. The monoisotopic (exact) mass is 223 g/mol. The fourth-order valence-electron chi connectivity index (χ4n) is 0.835. The van der Waals surface area contributed by atoms with Crippen molar-refractivity contribution < 1.29 is 27.2 Å². The van der Waals surface area contributed by atoms with E-state index in [-0.39, 0.29) is 5.76 Å². The number of nitrogens with one attached hydrogen (secondary N) is 1. The molecule has 0 saturated carbocycles. The molecule has 0 bridgehead atoms. The second-order valence-corrected chi connectivity index (χ2v) is 2.77. The average Bonchev–Trinajstić information content (AvgIpc) is 2.48. The maximum atomic E-state index is 11.6. The predicted molar refractivity (Wildman–Crippen MR) is 42.9 cm³/mol. The molecule has 0 spiro atoms. The lowest BCUT2D eigenvalue weighted by atomic mass is 10.3. The van der Waals surface area contributed by atoms with E-state index in [0.717, 1.165) is 0 Å². The number of hydroxylamine groups is 1. The minimum Gasteiger partial charge on any atom is -0.459 e. The van der Waals surface area contributed by atoms with Crippen molar-refractivity contribution in [2.45, 2.75) is 13.1 Å². The maximum absolute atomic E-state index is 11.6. The Bertz CT molecular complexity index is 345. The fraction of sp³-hybridized carbons (Fsp3) is 0.375. The lowest BCUT2D eigenvalue weighted by Gasteiger charge is -2.07. The number of alkyl halides is 3.